The molecule has 0 radical (unpaired) electrons. The zero-order chi connectivity index (χ0) is 17.3. The summed E-state index contributed by atoms with van der Waals surface area (Å²) in [7, 11) is -4.07. The summed E-state index contributed by atoms with van der Waals surface area (Å²) >= 11 is 0. The first-order valence-electron chi connectivity index (χ1n) is 7.76. The normalized spacial score (nSPS) is 22.3. The molecule has 1 aromatic carbocycles. The lowest BCUT2D eigenvalue weighted by Crippen LogP contribution is -2.46. The molecule has 9 nitrogen and oxygen atoms in total. The summed E-state index contributed by atoms with van der Waals surface area (Å²) in [5.74, 6) is 0. The topological polar surface area (TPSA) is 128 Å². The van der Waals surface area contributed by atoms with Gasteiger partial charge >= 0.3 is 0 Å². The van der Waals surface area contributed by atoms with Crippen LogP contribution in [-0.2, 0) is 14.8 Å². The fourth-order valence-corrected chi connectivity index (χ4v) is 3.67. The van der Waals surface area contributed by atoms with Gasteiger partial charge in [0, 0.05) is 31.7 Å². The Kier molecular flexibility index (Phi) is 4.72. The first kappa shape index (κ1) is 17.1. The summed E-state index contributed by atoms with van der Waals surface area (Å²) in [5, 5.41) is 19.2. The van der Waals surface area contributed by atoms with Gasteiger partial charge in [-0.05, 0) is 18.9 Å². The third kappa shape index (κ3) is 3.83. The predicted octanol–water partition coefficient (Wildman–Crippen LogP) is 0.517. The van der Waals surface area contributed by atoms with Gasteiger partial charge in [0.05, 0.1) is 17.6 Å². The van der Waals surface area contributed by atoms with Gasteiger partial charge in [0.1, 0.15) is 10.6 Å². The Morgan fingerprint density at radius 2 is 2.17 bits per heavy atom. The van der Waals surface area contributed by atoms with Gasteiger partial charge in [0.15, 0.2) is 0 Å². The van der Waals surface area contributed by atoms with Crippen LogP contribution in [0.5, 0.6) is 0 Å². The maximum Gasteiger partial charge on any atom is 0.293 e. The van der Waals surface area contributed by atoms with Crippen molar-refractivity contribution in [3.63, 3.8) is 0 Å². The molecule has 1 aliphatic carbocycles. The Balaban J connectivity index is 1.77. The van der Waals surface area contributed by atoms with Crippen LogP contribution < -0.4 is 10.5 Å². The summed E-state index contributed by atoms with van der Waals surface area (Å²) in [6.45, 7) is 2.48. The zero-order valence-electron chi connectivity index (χ0n) is 13.1. The number of nitro benzene ring substituents is 1. The van der Waals surface area contributed by atoms with Gasteiger partial charge in [0.2, 0.25) is 10.0 Å². The lowest BCUT2D eigenvalue weighted by molar-refractivity contribution is -0.384. The minimum Gasteiger partial charge on any atom is -0.376 e. The van der Waals surface area contributed by atoms with Crippen LogP contribution >= 0.6 is 0 Å². The molecule has 3 N–H and O–H groups in total. The minimum absolute atomic E-state index is 0.0860. The molecule has 1 saturated carbocycles. The highest BCUT2D eigenvalue weighted by Gasteiger charge is 2.33. The van der Waals surface area contributed by atoms with E-state index in [0.29, 0.717) is 12.6 Å². The third-order valence-electron chi connectivity index (χ3n) is 4.25. The van der Waals surface area contributed by atoms with Crippen molar-refractivity contribution >= 4 is 21.4 Å². The van der Waals surface area contributed by atoms with Crippen LogP contribution in [0, 0.1) is 10.1 Å². The Hall–Kier alpha value is -1.75. The molecule has 1 atom stereocenters. The van der Waals surface area contributed by atoms with Crippen LogP contribution in [0.1, 0.15) is 12.8 Å². The summed E-state index contributed by atoms with van der Waals surface area (Å²) in [6, 6.07) is 4.41. The minimum atomic E-state index is -4.07. The van der Waals surface area contributed by atoms with Crippen LogP contribution in [0.15, 0.2) is 23.1 Å². The molecule has 1 heterocycles. The molecular weight excluding hydrogens is 336 g/mol. The Morgan fingerprint density at radius 1 is 1.42 bits per heavy atom. The zero-order valence-corrected chi connectivity index (χ0v) is 13.9. The molecule has 0 unspecified atom stereocenters. The molecule has 3 rings (SSSR count). The molecule has 2 fully saturated rings. The molecule has 2 aliphatic rings. The van der Waals surface area contributed by atoms with Crippen molar-refractivity contribution in [1.29, 1.82) is 0 Å². The average Bonchev–Trinajstić information content (AvgIpc) is 3.36. The van der Waals surface area contributed by atoms with Crippen molar-refractivity contribution in [2.24, 2.45) is 5.14 Å². The van der Waals surface area contributed by atoms with Gasteiger partial charge in [-0.3, -0.25) is 15.0 Å². The lowest BCUT2D eigenvalue weighted by Gasteiger charge is -2.33. The third-order valence-corrected chi connectivity index (χ3v) is 5.20. The number of rotatable bonds is 6. The highest BCUT2D eigenvalue weighted by molar-refractivity contribution is 7.89. The SMILES string of the molecule is NS(=O)(=O)c1cccc([N+](=O)[O-])c1NC[C@H]1CN(C2CC2)CCO1. The summed E-state index contributed by atoms with van der Waals surface area (Å²) < 4.78 is 29.1. The second-order valence-electron chi connectivity index (χ2n) is 6.05. The molecule has 132 valence electrons. The maximum atomic E-state index is 11.7. The van der Waals surface area contributed by atoms with E-state index >= 15 is 0 Å². The smallest absolute Gasteiger partial charge is 0.293 e. The van der Waals surface area contributed by atoms with Crippen molar-refractivity contribution in [3.8, 4) is 0 Å². The number of nitrogens with zero attached hydrogens (tertiary/aromatic N) is 2. The molecule has 10 heteroatoms. The van der Waals surface area contributed by atoms with Gasteiger partial charge < -0.3 is 10.1 Å². The number of hydrogen-bond acceptors (Lipinski definition) is 7. The van der Waals surface area contributed by atoms with Crippen molar-refractivity contribution in [3.05, 3.63) is 28.3 Å². The Morgan fingerprint density at radius 3 is 2.79 bits per heavy atom. The molecule has 0 amide bonds. The van der Waals surface area contributed by atoms with Gasteiger partial charge in [-0.15, -0.1) is 0 Å². The van der Waals surface area contributed by atoms with E-state index in [1.165, 1.54) is 31.0 Å². The standard InChI is InChI=1S/C14H20N4O5S/c15-24(21,22)13-3-1-2-12(18(19)20)14(13)16-8-11-9-17(6-7-23-11)10-4-5-10/h1-3,10-11,16H,4-9H2,(H2,15,21,22)/t11-/m0/s1. The van der Waals surface area contributed by atoms with Crippen LogP contribution in [-0.4, -0.2) is 56.6 Å². The van der Waals surface area contributed by atoms with E-state index in [4.69, 9.17) is 9.88 Å². The number of nitrogens with two attached hydrogens (primary N) is 1. The molecule has 0 aromatic heterocycles. The molecule has 0 spiro atoms. The van der Waals surface area contributed by atoms with Crippen LogP contribution in [0.25, 0.3) is 0 Å². The van der Waals surface area contributed by atoms with Gasteiger partial charge in [-0.2, -0.15) is 0 Å². The summed E-state index contributed by atoms with van der Waals surface area (Å²) in [5.41, 5.74) is -0.409. The van der Waals surface area contributed by atoms with Gasteiger partial charge in [-0.1, -0.05) is 6.07 Å². The Labute approximate surface area is 140 Å². The van der Waals surface area contributed by atoms with E-state index in [0.717, 1.165) is 13.1 Å². The molecule has 1 aromatic rings. The predicted molar refractivity (Wildman–Crippen MR) is 87.3 cm³/mol. The average molecular weight is 356 g/mol. The molecular formula is C14H20N4O5S. The second kappa shape index (κ2) is 6.63. The number of nitrogens with one attached hydrogen (secondary N) is 1. The number of morpholine rings is 1. The fraction of sp³-hybridized carbons (Fsp3) is 0.571. The summed E-state index contributed by atoms with van der Waals surface area (Å²) in [6.07, 6.45) is 2.23. The number of nitro groups is 1. The molecule has 0 bridgehead atoms. The van der Waals surface area contributed by atoms with Gasteiger partial charge in [0.25, 0.3) is 5.69 Å². The van der Waals surface area contributed by atoms with Crippen molar-refractivity contribution < 1.29 is 18.1 Å². The molecule has 1 aliphatic heterocycles. The number of ether oxygens (including phenoxy) is 1. The number of para-hydroxylation sites is 1. The second-order valence-corrected chi connectivity index (χ2v) is 7.58. The van der Waals surface area contributed by atoms with Crippen LogP contribution in [0.4, 0.5) is 11.4 Å². The number of primary sulfonamides is 1. The highest BCUT2D eigenvalue weighted by Crippen LogP contribution is 2.32. The lowest BCUT2D eigenvalue weighted by atomic mass is 10.2. The van der Waals surface area contributed by atoms with Crippen molar-refractivity contribution in [2.75, 3.05) is 31.6 Å². The van der Waals surface area contributed by atoms with Crippen LogP contribution in [0.2, 0.25) is 0 Å². The summed E-state index contributed by atoms with van der Waals surface area (Å²) in [4.78, 5) is 12.6. The number of sulfonamides is 1. The first-order valence-corrected chi connectivity index (χ1v) is 9.30. The number of anilines is 1. The molecule has 1 saturated heterocycles. The number of benzene rings is 1. The largest absolute Gasteiger partial charge is 0.376 e. The highest BCUT2D eigenvalue weighted by atomic mass is 32.2. The Bertz CT molecular complexity index is 735. The van der Waals surface area contributed by atoms with Crippen LogP contribution in [0.3, 0.4) is 0 Å². The van der Waals surface area contributed by atoms with Crippen molar-refractivity contribution in [1.82, 2.24) is 4.90 Å². The first-order chi connectivity index (χ1) is 11.4. The van der Waals surface area contributed by atoms with Gasteiger partial charge in [-0.25, -0.2) is 13.6 Å². The van der Waals surface area contributed by atoms with E-state index in [9.17, 15) is 18.5 Å². The monoisotopic (exact) mass is 356 g/mol. The van der Waals surface area contributed by atoms with E-state index in [1.54, 1.807) is 0 Å². The number of hydrogen-bond donors (Lipinski definition) is 2. The maximum absolute atomic E-state index is 11.7. The molecule has 24 heavy (non-hydrogen) atoms. The van der Waals surface area contributed by atoms with E-state index in [2.05, 4.69) is 10.2 Å². The van der Waals surface area contributed by atoms with E-state index < -0.39 is 14.9 Å². The van der Waals surface area contributed by atoms with E-state index in [-0.39, 0.29) is 28.9 Å². The van der Waals surface area contributed by atoms with E-state index in [1.807, 2.05) is 0 Å². The quantitative estimate of drug-likeness (QED) is 0.561. The van der Waals surface area contributed by atoms with Crippen molar-refractivity contribution in [2.45, 2.75) is 29.9 Å². The fourth-order valence-electron chi connectivity index (χ4n) is 2.94.